The quantitative estimate of drug-likeness (QED) is 0.315. The summed E-state index contributed by atoms with van der Waals surface area (Å²) < 4.78 is 0.278. The number of aromatic hydroxyl groups is 1. The number of benzene rings is 2. The van der Waals surface area contributed by atoms with Crippen LogP contribution in [-0.2, 0) is 4.79 Å². The lowest BCUT2D eigenvalue weighted by molar-refractivity contribution is -0.385. The summed E-state index contributed by atoms with van der Waals surface area (Å²) in [5.41, 5.74) is 0.333. The van der Waals surface area contributed by atoms with E-state index in [-0.39, 0.29) is 25.5 Å². The van der Waals surface area contributed by atoms with Crippen molar-refractivity contribution in [3.05, 3.63) is 66.6 Å². The Morgan fingerprint density at radius 2 is 1.88 bits per heavy atom. The van der Waals surface area contributed by atoms with Gasteiger partial charge in [0.25, 0.3) is 16.8 Å². The highest BCUT2D eigenvalue weighted by Crippen LogP contribution is 2.38. The van der Waals surface area contributed by atoms with Crippen molar-refractivity contribution < 1.29 is 19.6 Å². The number of non-ortho nitro benzene ring substituents is 1. The van der Waals surface area contributed by atoms with E-state index in [1.807, 2.05) is 0 Å². The van der Waals surface area contributed by atoms with Crippen LogP contribution in [0.5, 0.6) is 5.75 Å². The molecule has 1 N–H and O–H groups in total. The second-order valence-corrected chi connectivity index (χ2v) is 7.13. The van der Waals surface area contributed by atoms with Gasteiger partial charge in [0, 0.05) is 17.7 Å². The molecule has 2 amide bonds. The zero-order valence-electron chi connectivity index (χ0n) is 12.4. The van der Waals surface area contributed by atoms with Crippen LogP contribution in [0.3, 0.4) is 0 Å². The summed E-state index contributed by atoms with van der Waals surface area (Å²) in [5.74, 6) is -0.722. The van der Waals surface area contributed by atoms with Crippen molar-refractivity contribution in [1.29, 1.82) is 0 Å². The predicted octanol–water partition coefficient (Wildman–Crippen LogP) is 4.15. The minimum atomic E-state index is -0.589. The first-order chi connectivity index (χ1) is 11.9. The van der Waals surface area contributed by atoms with Gasteiger partial charge in [-0.05, 0) is 52.6 Å². The number of carbonyl (C=O) groups is 2. The maximum Gasteiger partial charge on any atom is 0.298 e. The Morgan fingerprint density at radius 3 is 2.52 bits per heavy atom. The largest absolute Gasteiger partial charge is 0.506 e. The van der Waals surface area contributed by atoms with Crippen LogP contribution >= 0.6 is 34.4 Å². The molecule has 0 spiro atoms. The number of rotatable bonds is 3. The van der Waals surface area contributed by atoms with Crippen LogP contribution in [0.4, 0.5) is 16.2 Å². The van der Waals surface area contributed by atoms with Crippen molar-refractivity contribution >= 4 is 62.9 Å². The molecule has 3 rings (SSSR count). The minimum absolute atomic E-state index is 0.0838. The fourth-order valence-electron chi connectivity index (χ4n) is 2.23. The van der Waals surface area contributed by atoms with Crippen LogP contribution in [0.1, 0.15) is 5.56 Å². The summed E-state index contributed by atoms with van der Waals surface area (Å²) in [4.78, 5) is 36.2. The Balaban J connectivity index is 2.02. The van der Waals surface area contributed by atoms with Crippen LogP contribution in [0.25, 0.3) is 6.08 Å². The molecular weight excluding hydrogens is 459 g/mol. The molecule has 0 bridgehead atoms. The van der Waals surface area contributed by atoms with E-state index in [4.69, 9.17) is 0 Å². The molecule has 7 nitrogen and oxygen atoms in total. The maximum atomic E-state index is 12.5. The van der Waals surface area contributed by atoms with E-state index in [0.29, 0.717) is 17.4 Å². The zero-order valence-corrected chi connectivity index (χ0v) is 15.4. The number of hydrogen-bond acceptors (Lipinski definition) is 6. The number of phenolic OH excluding ortho intramolecular Hbond substituents is 1. The molecule has 1 aliphatic rings. The van der Waals surface area contributed by atoms with Crippen LogP contribution < -0.4 is 4.90 Å². The molecule has 1 heterocycles. The fraction of sp³-hybridized carbons (Fsp3) is 0. The van der Waals surface area contributed by atoms with Crippen LogP contribution in [0.15, 0.2) is 47.4 Å². The lowest BCUT2D eigenvalue weighted by Crippen LogP contribution is -2.27. The van der Waals surface area contributed by atoms with Gasteiger partial charge in [0.2, 0.25) is 0 Å². The van der Waals surface area contributed by atoms with E-state index >= 15 is 0 Å². The molecule has 0 radical (unpaired) electrons. The van der Waals surface area contributed by atoms with E-state index in [1.54, 1.807) is 52.9 Å². The highest BCUT2D eigenvalue weighted by molar-refractivity contribution is 14.1. The smallest absolute Gasteiger partial charge is 0.298 e. The lowest BCUT2D eigenvalue weighted by Gasteiger charge is -2.11. The third kappa shape index (κ3) is 3.37. The zero-order chi connectivity index (χ0) is 18.1. The van der Waals surface area contributed by atoms with Crippen molar-refractivity contribution in [2.24, 2.45) is 0 Å². The summed E-state index contributed by atoms with van der Waals surface area (Å²) in [6.45, 7) is 0. The second kappa shape index (κ2) is 6.84. The number of imide groups is 1. The Bertz CT molecular complexity index is 930. The highest BCUT2D eigenvalue weighted by atomic mass is 127. The number of nitro benzene ring substituents is 1. The van der Waals surface area contributed by atoms with Gasteiger partial charge in [0.05, 0.1) is 19.1 Å². The Labute approximate surface area is 159 Å². The number of nitro groups is 1. The van der Waals surface area contributed by atoms with Crippen molar-refractivity contribution in [3.8, 4) is 5.75 Å². The topological polar surface area (TPSA) is 101 Å². The predicted molar refractivity (Wildman–Crippen MR) is 102 cm³/mol. The standard InChI is InChI=1S/C16H9IN2O5S/c17-12-8-11(19(23)24)6-9(14(12)20)7-13-15(21)18(16(22)25-13)10-4-2-1-3-5-10/h1-8,20H/b13-7+. The van der Waals surface area contributed by atoms with E-state index in [9.17, 15) is 24.8 Å². The van der Waals surface area contributed by atoms with Crippen molar-refractivity contribution in [2.45, 2.75) is 0 Å². The fourth-order valence-corrected chi connectivity index (χ4v) is 3.69. The number of phenols is 1. The van der Waals surface area contributed by atoms with Gasteiger partial charge in [-0.2, -0.15) is 0 Å². The van der Waals surface area contributed by atoms with Gasteiger partial charge in [0.1, 0.15) is 5.75 Å². The summed E-state index contributed by atoms with van der Waals surface area (Å²) in [6.07, 6.45) is 1.29. The van der Waals surface area contributed by atoms with Gasteiger partial charge in [0.15, 0.2) is 0 Å². The van der Waals surface area contributed by atoms with Gasteiger partial charge in [-0.25, -0.2) is 4.90 Å². The summed E-state index contributed by atoms with van der Waals surface area (Å²) in [6, 6.07) is 10.8. The normalized spacial score (nSPS) is 15.9. The molecule has 1 aliphatic heterocycles. The van der Waals surface area contributed by atoms with E-state index in [2.05, 4.69) is 0 Å². The van der Waals surface area contributed by atoms with E-state index < -0.39 is 16.1 Å². The first-order valence-electron chi connectivity index (χ1n) is 6.88. The minimum Gasteiger partial charge on any atom is -0.506 e. The number of carbonyl (C=O) groups excluding carboxylic acids is 2. The number of hydrogen-bond donors (Lipinski definition) is 1. The van der Waals surface area contributed by atoms with Crippen molar-refractivity contribution in [3.63, 3.8) is 0 Å². The molecule has 25 heavy (non-hydrogen) atoms. The van der Waals surface area contributed by atoms with Crippen LogP contribution in [0.2, 0.25) is 0 Å². The van der Waals surface area contributed by atoms with Crippen LogP contribution in [-0.4, -0.2) is 21.2 Å². The molecule has 1 fully saturated rings. The summed E-state index contributed by atoms with van der Waals surface area (Å²) >= 11 is 2.48. The average Bonchev–Trinajstić information content (AvgIpc) is 2.86. The van der Waals surface area contributed by atoms with Crippen molar-refractivity contribution in [2.75, 3.05) is 4.90 Å². The molecule has 0 unspecified atom stereocenters. The molecule has 2 aromatic rings. The molecule has 0 aliphatic carbocycles. The molecule has 1 saturated heterocycles. The van der Waals surface area contributed by atoms with E-state index in [1.165, 1.54) is 12.1 Å². The number of thioether (sulfide) groups is 1. The van der Waals surface area contributed by atoms with Gasteiger partial charge in [-0.1, -0.05) is 18.2 Å². The summed E-state index contributed by atoms with van der Waals surface area (Å²) in [5, 5.41) is 20.6. The molecular formula is C16H9IN2O5S. The molecule has 9 heteroatoms. The van der Waals surface area contributed by atoms with Gasteiger partial charge < -0.3 is 5.11 Å². The van der Waals surface area contributed by atoms with E-state index in [0.717, 1.165) is 11.0 Å². The molecule has 0 atom stereocenters. The molecule has 2 aromatic carbocycles. The molecule has 126 valence electrons. The number of nitrogens with zero attached hydrogens (tertiary/aromatic N) is 2. The maximum absolute atomic E-state index is 12.5. The first-order valence-corrected chi connectivity index (χ1v) is 8.78. The number of para-hydroxylation sites is 1. The first kappa shape index (κ1) is 17.4. The highest BCUT2D eigenvalue weighted by Gasteiger charge is 2.36. The van der Waals surface area contributed by atoms with Gasteiger partial charge >= 0.3 is 0 Å². The Morgan fingerprint density at radius 1 is 1.20 bits per heavy atom. The summed E-state index contributed by atoms with van der Waals surface area (Å²) in [7, 11) is 0. The Kier molecular flexibility index (Phi) is 4.77. The Hall–Kier alpha value is -2.40. The second-order valence-electron chi connectivity index (χ2n) is 4.98. The number of halogens is 1. The van der Waals surface area contributed by atoms with Gasteiger partial charge in [-0.15, -0.1) is 0 Å². The monoisotopic (exact) mass is 468 g/mol. The van der Waals surface area contributed by atoms with Gasteiger partial charge in [-0.3, -0.25) is 19.7 Å². The van der Waals surface area contributed by atoms with Crippen molar-refractivity contribution in [1.82, 2.24) is 0 Å². The average molecular weight is 468 g/mol. The number of amides is 2. The third-order valence-electron chi connectivity index (χ3n) is 3.38. The third-order valence-corrected chi connectivity index (χ3v) is 5.08. The molecule has 0 aromatic heterocycles. The van der Waals surface area contributed by atoms with Crippen LogP contribution in [0, 0.1) is 13.7 Å². The lowest BCUT2D eigenvalue weighted by atomic mass is 10.1. The molecule has 0 saturated carbocycles. The SMILES string of the molecule is O=C1S/C(=C/c2cc([N+](=O)[O-])cc(I)c2O)C(=O)N1c1ccccc1. The number of anilines is 1.